The summed E-state index contributed by atoms with van der Waals surface area (Å²) in [4.78, 5) is 26.5. The number of hydrogen-bond donors (Lipinski definition) is 2. The molecule has 0 fully saturated rings. The fraction of sp³-hybridized carbons (Fsp3) is 0.273. The van der Waals surface area contributed by atoms with Crippen molar-refractivity contribution in [3.8, 4) is 5.75 Å². The molecule has 1 aromatic heterocycles. The minimum Gasteiger partial charge on any atom is -0.492 e. The second-order valence-corrected chi connectivity index (χ2v) is 7.03. The van der Waals surface area contributed by atoms with E-state index in [1.54, 1.807) is 18.2 Å². The largest absolute Gasteiger partial charge is 0.492 e. The lowest BCUT2D eigenvalue weighted by molar-refractivity contribution is -0.118. The first kappa shape index (κ1) is 20.7. The highest BCUT2D eigenvalue weighted by Gasteiger charge is 2.15. The number of para-hydroxylation sites is 1. The molecule has 0 radical (unpaired) electrons. The number of esters is 1. The van der Waals surface area contributed by atoms with Crippen LogP contribution in [0, 0.1) is 0 Å². The van der Waals surface area contributed by atoms with E-state index in [1.807, 2.05) is 24.3 Å². The third kappa shape index (κ3) is 5.09. The molecular weight excluding hydrogens is 392 g/mol. The Morgan fingerprint density at radius 1 is 1.14 bits per heavy atom. The van der Waals surface area contributed by atoms with Gasteiger partial charge in [0.1, 0.15) is 11.3 Å². The van der Waals surface area contributed by atoms with Gasteiger partial charge in [-0.25, -0.2) is 4.79 Å². The lowest BCUT2D eigenvalue weighted by Crippen LogP contribution is -2.22. The number of ether oxygens (including phenoxy) is 2. The zero-order valence-corrected chi connectivity index (χ0v) is 17.1. The summed E-state index contributed by atoms with van der Waals surface area (Å²) in [6.45, 7) is 2.41. The van der Waals surface area contributed by atoms with Crippen molar-refractivity contribution in [1.82, 2.24) is 10.3 Å². The zero-order chi connectivity index (χ0) is 20.8. The lowest BCUT2D eigenvalue weighted by atomic mass is 10.1. The normalized spacial score (nSPS) is 10.7. The van der Waals surface area contributed by atoms with Gasteiger partial charge in [0.2, 0.25) is 5.91 Å². The summed E-state index contributed by atoms with van der Waals surface area (Å²) in [6.07, 6.45) is 1.28. The summed E-state index contributed by atoms with van der Waals surface area (Å²) >= 11 is 6.19. The quantitative estimate of drug-likeness (QED) is 0.548. The van der Waals surface area contributed by atoms with E-state index < -0.39 is 5.97 Å². The van der Waals surface area contributed by atoms with E-state index in [9.17, 15) is 9.59 Å². The maximum atomic E-state index is 11.9. The molecule has 2 aromatic carbocycles. The molecule has 3 rings (SSSR count). The lowest BCUT2D eigenvalue weighted by Gasteiger charge is -2.11. The van der Waals surface area contributed by atoms with E-state index >= 15 is 0 Å². The molecule has 1 amide bonds. The Hall–Kier alpha value is -2.99. The average molecular weight is 415 g/mol. The van der Waals surface area contributed by atoms with Crippen LogP contribution < -0.4 is 10.1 Å². The van der Waals surface area contributed by atoms with E-state index in [-0.39, 0.29) is 5.91 Å². The second kappa shape index (κ2) is 9.47. The van der Waals surface area contributed by atoms with E-state index in [4.69, 9.17) is 21.1 Å². The van der Waals surface area contributed by atoms with Gasteiger partial charge in [-0.1, -0.05) is 23.7 Å². The highest BCUT2D eigenvalue weighted by atomic mass is 35.5. The number of carbonyl (C=O) groups excluding carboxylic acids is 2. The van der Waals surface area contributed by atoms with Gasteiger partial charge in [-0.05, 0) is 35.9 Å². The predicted octanol–water partition coefficient (Wildman–Crippen LogP) is 3.91. The van der Waals surface area contributed by atoms with Crippen LogP contribution >= 0.6 is 11.6 Å². The number of aromatic amines is 1. The minimum atomic E-state index is -0.435. The predicted molar refractivity (Wildman–Crippen MR) is 113 cm³/mol. The van der Waals surface area contributed by atoms with Crippen molar-refractivity contribution in [2.45, 2.75) is 19.8 Å². The first-order valence-electron chi connectivity index (χ1n) is 9.33. The summed E-state index contributed by atoms with van der Waals surface area (Å²) in [5.41, 5.74) is 3.49. The number of benzene rings is 2. The summed E-state index contributed by atoms with van der Waals surface area (Å²) in [6, 6.07) is 12.7. The Balaban J connectivity index is 1.79. The van der Waals surface area contributed by atoms with Crippen LogP contribution in [-0.4, -0.2) is 37.1 Å². The minimum absolute atomic E-state index is 0.0616. The number of amides is 1. The molecule has 0 bridgehead atoms. The molecule has 0 saturated carbocycles. The van der Waals surface area contributed by atoms with Crippen LogP contribution in [0.2, 0.25) is 5.02 Å². The number of methoxy groups -OCH3 is 1. The topological polar surface area (TPSA) is 80.4 Å². The van der Waals surface area contributed by atoms with E-state index in [2.05, 4.69) is 10.3 Å². The highest BCUT2D eigenvalue weighted by Crippen LogP contribution is 2.27. The molecule has 0 aliphatic carbocycles. The standard InChI is InChI=1S/C22H23ClN2O4/c1-14(26)24-11-9-20-16(18-13-15(23)7-8-19(18)25-20)10-12-29-21-6-4-3-5-17(21)22(27)28-2/h3-8,13,25H,9-12H2,1-2H3,(H,24,26). The molecule has 6 nitrogen and oxygen atoms in total. The van der Waals surface area contributed by atoms with Gasteiger partial charge in [-0.2, -0.15) is 0 Å². The summed E-state index contributed by atoms with van der Waals surface area (Å²) in [5.74, 6) is -0.0130. The van der Waals surface area contributed by atoms with Crippen LogP contribution in [0.25, 0.3) is 10.9 Å². The zero-order valence-electron chi connectivity index (χ0n) is 16.4. The van der Waals surface area contributed by atoms with Gasteiger partial charge in [-0.15, -0.1) is 0 Å². The molecule has 0 aliphatic rings. The van der Waals surface area contributed by atoms with Gasteiger partial charge in [0.25, 0.3) is 0 Å². The maximum Gasteiger partial charge on any atom is 0.341 e. The Morgan fingerprint density at radius 3 is 2.69 bits per heavy atom. The van der Waals surface area contributed by atoms with Crippen molar-refractivity contribution < 1.29 is 19.1 Å². The van der Waals surface area contributed by atoms with Crippen molar-refractivity contribution in [2.75, 3.05) is 20.3 Å². The van der Waals surface area contributed by atoms with Crippen LogP contribution in [-0.2, 0) is 22.4 Å². The second-order valence-electron chi connectivity index (χ2n) is 6.59. The number of fused-ring (bicyclic) bond motifs is 1. The number of hydrogen-bond acceptors (Lipinski definition) is 4. The fourth-order valence-electron chi connectivity index (χ4n) is 3.27. The van der Waals surface area contributed by atoms with E-state index in [0.717, 1.165) is 22.2 Å². The fourth-order valence-corrected chi connectivity index (χ4v) is 3.44. The molecule has 0 saturated heterocycles. The van der Waals surface area contributed by atoms with Crippen LogP contribution in [0.15, 0.2) is 42.5 Å². The molecular formula is C22H23ClN2O4. The van der Waals surface area contributed by atoms with E-state index in [0.29, 0.717) is 42.3 Å². The Morgan fingerprint density at radius 2 is 1.93 bits per heavy atom. The van der Waals surface area contributed by atoms with Gasteiger partial charge in [0.05, 0.1) is 13.7 Å². The van der Waals surface area contributed by atoms with Gasteiger partial charge < -0.3 is 19.8 Å². The Bertz CT molecular complexity index is 1030. The first-order valence-corrected chi connectivity index (χ1v) is 9.71. The molecule has 152 valence electrons. The van der Waals surface area contributed by atoms with E-state index in [1.165, 1.54) is 14.0 Å². The van der Waals surface area contributed by atoms with Crippen molar-refractivity contribution in [3.63, 3.8) is 0 Å². The maximum absolute atomic E-state index is 11.9. The smallest absolute Gasteiger partial charge is 0.341 e. The first-order chi connectivity index (χ1) is 14.0. The molecule has 29 heavy (non-hydrogen) atoms. The van der Waals surface area contributed by atoms with Gasteiger partial charge in [-0.3, -0.25) is 4.79 Å². The van der Waals surface area contributed by atoms with Crippen molar-refractivity contribution in [1.29, 1.82) is 0 Å². The molecule has 0 spiro atoms. The molecule has 2 N–H and O–H groups in total. The number of H-pyrrole nitrogens is 1. The van der Waals surface area contributed by atoms with Crippen LogP contribution in [0.5, 0.6) is 5.75 Å². The summed E-state index contributed by atoms with van der Waals surface area (Å²) in [5, 5.41) is 4.50. The molecule has 1 heterocycles. The van der Waals surface area contributed by atoms with Crippen LogP contribution in [0.4, 0.5) is 0 Å². The van der Waals surface area contributed by atoms with Crippen molar-refractivity contribution >= 4 is 34.4 Å². The third-order valence-electron chi connectivity index (χ3n) is 4.61. The Labute approximate surface area is 174 Å². The molecule has 7 heteroatoms. The van der Waals surface area contributed by atoms with Crippen molar-refractivity contribution in [3.05, 3.63) is 64.3 Å². The van der Waals surface area contributed by atoms with Gasteiger partial charge in [0, 0.05) is 47.9 Å². The highest BCUT2D eigenvalue weighted by molar-refractivity contribution is 6.31. The SMILES string of the molecule is COC(=O)c1ccccc1OCCc1c(CCNC(C)=O)[nH]c2ccc(Cl)cc12. The third-order valence-corrected chi connectivity index (χ3v) is 4.84. The number of halogens is 1. The van der Waals surface area contributed by atoms with Gasteiger partial charge >= 0.3 is 5.97 Å². The Kier molecular flexibility index (Phi) is 6.77. The average Bonchev–Trinajstić information content (AvgIpc) is 3.04. The molecule has 3 aromatic rings. The summed E-state index contributed by atoms with van der Waals surface area (Å²) in [7, 11) is 1.34. The number of rotatable bonds is 8. The monoisotopic (exact) mass is 414 g/mol. The number of aromatic nitrogens is 1. The molecule has 0 atom stereocenters. The van der Waals surface area contributed by atoms with Gasteiger partial charge in [0.15, 0.2) is 0 Å². The summed E-state index contributed by atoms with van der Waals surface area (Å²) < 4.78 is 10.7. The molecule has 0 unspecified atom stereocenters. The van der Waals surface area contributed by atoms with Crippen LogP contribution in [0.3, 0.4) is 0 Å². The molecule has 0 aliphatic heterocycles. The van der Waals surface area contributed by atoms with Crippen molar-refractivity contribution in [2.24, 2.45) is 0 Å². The van der Waals surface area contributed by atoms with Crippen LogP contribution in [0.1, 0.15) is 28.5 Å². The number of nitrogens with one attached hydrogen (secondary N) is 2. The number of carbonyl (C=O) groups is 2.